The van der Waals surface area contributed by atoms with E-state index in [0.717, 1.165) is 24.8 Å². The largest absolute Gasteiger partial charge is 0.481 e. The predicted molar refractivity (Wildman–Crippen MR) is 117 cm³/mol. The minimum absolute atomic E-state index is 0.0193. The first-order chi connectivity index (χ1) is 15.3. The van der Waals surface area contributed by atoms with E-state index in [9.17, 15) is 24.6 Å². The third-order valence-electron chi connectivity index (χ3n) is 6.09. The number of carbonyl (C=O) groups is 3. The minimum Gasteiger partial charge on any atom is -0.481 e. The van der Waals surface area contributed by atoms with Crippen LogP contribution in [0.2, 0.25) is 0 Å². The number of carboxylic acids is 2. The number of nitriles is 1. The molecule has 2 rings (SSSR count). The quantitative estimate of drug-likeness (QED) is 0.423. The van der Waals surface area contributed by atoms with Crippen LogP contribution in [0.15, 0.2) is 24.3 Å². The predicted octanol–water partition coefficient (Wildman–Crippen LogP) is 3.49. The zero-order chi connectivity index (χ0) is 23.6. The number of benzene rings is 1. The van der Waals surface area contributed by atoms with Gasteiger partial charge in [-0.25, -0.2) is 0 Å². The molecule has 1 aromatic carbocycles. The fourth-order valence-electron chi connectivity index (χ4n) is 4.40. The zero-order valence-electron chi connectivity index (χ0n) is 18.5. The summed E-state index contributed by atoms with van der Waals surface area (Å²) in [7, 11) is 0. The van der Waals surface area contributed by atoms with Crippen molar-refractivity contribution < 1.29 is 29.3 Å². The van der Waals surface area contributed by atoms with Gasteiger partial charge in [0.2, 0.25) is 5.91 Å². The second kappa shape index (κ2) is 12.2. The highest BCUT2D eigenvalue weighted by molar-refractivity contribution is 5.84. The Labute approximate surface area is 188 Å². The molecule has 0 saturated heterocycles. The van der Waals surface area contributed by atoms with Crippen LogP contribution in [0.5, 0.6) is 0 Å². The van der Waals surface area contributed by atoms with Crippen LogP contribution in [-0.2, 0) is 25.7 Å². The molecule has 1 saturated carbocycles. The fourth-order valence-corrected chi connectivity index (χ4v) is 4.40. The van der Waals surface area contributed by atoms with Crippen molar-refractivity contribution in [3.63, 3.8) is 0 Å². The monoisotopic (exact) mass is 444 g/mol. The maximum Gasteiger partial charge on any atom is 0.306 e. The lowest BCUT2D eigenvalue weighted by Crippen LogP contribution is -2.48. The smallest absolute Gasteiger partial charge is 0.306 e. The Morgan fingerprint density at radius 1 is 1.19 bits per heavy atom. The van der Waals surface area contributed by atoms with Crippen molar-refractivity contribution in [1.82, 2.24) is 5.32 Å². The standard InChI is InChI=1S/C24H32N2O6/c1-2-5-19(22(29)30)13-24(10-3-4-11-24)23(31)26-20(12-21(27)28)16-32-15-18-8-6-17(14-25)7-9-18/h6-9,19-20H,2-5,10-13,15-16H2,1H3,(H,26,31)(H,27,28)(H,29,30). The first kappa shape index (κ1) is 25.3. The molecule has 8 nitrogen and oxygen atoms in total. The lowest BCUT2D eigenvalue weighted by molar-refractivity contribution is -0.144. The molecule has 1 aromatic rings. The maximum atomic E-state index is 13.2. The Balaban J connectivity index is 2.02. The van der Waals surface area contributed by atoms with Crippen molar-refractivity contribution >= 4 is 17.8 Å². The number of aliphatic carboxylic acids is 2. The molecule has 0 aliphatic heterocycles. The Hall–Kier alpha value is -2.92. The van der Waals surface area contributed by atoms with Crippen LogP contribution in [0.4, 0.5) is 0 Å². The van der Waals surface area contributed by atoms with Crippen LogP contribution in [-0.4, -0.2) is 40.7 Å². The molecule has 1 aliphatic rings. The summed E-state index contributed by atoms with van der Waals surface area (Å²) in [6, 6.07) is 8.19. The van der Waals surface area contributed by atoms with Crippen LogP contribution in [0.3, 0.4) is 0 Å². The average Bonchev–Trinajstić information content (AvgIpc) is 3.23. The second-order valence-electron chi connectivity index (χ2n) is 8.61. The zero-order valence-corrected chi connectivity index (χ0v) is 18.5. The van der Waals surface area contributed by atoms with Crippen LogP contribution < -0.4 is 5.32 Å². The van der Waals surface area contributed by atoms with E-state index in [1.807, 2.05) is 13.0 Å². The van der Waals surface area contributed by atoms with Gasteiger partial charge in [0.15, 0.2) is 0 Å². The molecule has 1 aliphatic carbocycles. The highest BCUT2D eigenvalue weighted by atomic mass is 16.5. The van der Waals surface area contributed by atoms with Crippen LogP contribution in [0, 0.1) is 22.7 Å². The Kier molecular flexibility index (Phi) is 9.66. The number of hydrogen-bond acceptors (Lipinski definition) is 5. The van der Waals surface area contributed by atoms with E-state index in [4.69, 9.17) is 10.00 Å². The number of nitrogens with one attached hydrogen (secondary N) is 1. The Bertz CT molecular complexity index is 824. The summed E-state index contributed by atoms with van der Waals surface area (Å²) >= 11 is 0. The van der Waals surface area contributed by atoms with Crippen LogP contribution >= 0.6 is 0 Å². The van der Waals surface area contributed by atoms with E-state index in [-0.39, 0.29) is 32.0 Å². The molecule has 174 valence electrons. The number of nitrogens with zero attached hydrogens (tertiary/aromatic N) is 1. The van der Waals surface area contributed by atoms with E-state index >= 15 is 0 Å². The third kappa shape index (κ3) is 7.34. The number of rotatable bonds is 13. The Morgan fingerprint density at radius 3 is 2.38 bits per heavy atom. The van der Waals surface area contributed by atoms with Gasteiger partial charge in [-0.2, -0.15) is 5.26 Å². The molecule has 32 heavy (non-hydrogen) atoms. The molecule has 1 fully saturated rings. The van der Waals surface area contributed by atoms with Gasteiger partial charge in [0.1, 0.15) is 0 Å². The number of amides is 1. The van der Waals surface area contributed by atoms with Crippen molar-refractivity contribution in [1.29, 1.82) is 5.26 Å². The summed E-state index contributed by atoms with van der Waals surface area (Å²) in [6.07, 6.45) is 4.14. The SMILES string of the molecule is CCCC(CC1(C(=O)NC(COCc2ccc(C#N)cc2)CC(=O)O)CCCC1)C(=O)O. The molecule has 0 spiro atoms. The molecule has 3 N–H and O–H groups in total. The van der Waals surface area contributed by atoms with Gasteiger partial charge < -0.3 is 20.3 Å². The molecular formula is C24H32N2O6. The highest BCUT2D eigenvalue weighted by Gasteiger charge is 2.44. The molecule has 0 radical (unpaired) electrons. The molecule has 0 aromatic heterocycles. The molecule has 0 bridgehead atoms. The van der Waals surface area contributed by atoms with E-state index in [0.29, 0.717) is 24.8 Å². The first-order valence-corrected chi connectivity index (χ1v) is 11.1. The van der Waals surface area contributed by atoms with Gasteiger partial charge in [-0.05, 0) is 43.4 Å². The van der Waals surface area contributed by atoms with Crippen molar-refractivity contribution in [2.24, 2.45) is 11.3 Å². The summed E-state index contributed by atoms with van der Waals surface area (Å²) in [5, 5.41) is 30.5. The summed E-state index contributed by atoms with van der Waals surface area (Å²) < 4.78 is 5.66. The van der Waals surface area contributed by atoms with Gasteiger partial charge in [-0.1, -0.05) is 38.3 Å². The van der Waals surface area contributed by atoms with Gasteiger partial charge in [0, 0.05) is 0 Å². The second-order valence-corrected chi connectivity index (χ2v) is 8.61. The topological polar surface area (TPSA) is 137 Å². The summed E-state index contributed by atoms with van der Waals surface area (Å²) in [5.74, 6) is -2.80. The van der Waals surface area contributed by atoms with Crippen LogP contribution in [0.25, 0.3) is 0 Å². The summed E-state index contributed by atoms with van der Waals surface area (Å²) in [4.78, 5) is 36.3. The highest BCUT2D eigenvalue weighted by Crippen LogP contribution is 2.44. The number of carbonyl (C=O) groups excluding carboxylic acids is 1. The van der Waals surface area contributed by atoms with Gasteiger partial charge in [0.25, 0.3) is 0 Å². The van der Waals surface area contributed by atoms with Gasteiger partial charge in [0.05, 0.1) is 48.6 Å². The summed E-state index contributed by atoms with van der Waals surface area (Å²) in [5.41, 5.74) is 0.595. The molecule has 0 heterocycles. The van der Waals surface area contributed by atoms with Gasteiger partial charge in [-0.15, -0.1) is 0 Å². The third-order valence-corrected chi connectivity index (χ3v) is 6.09. The maximum absolute atomic E-state index is 13.2. The van der Waals surface area contributed by atoms with E-state index < -0.39 is 29.3 Å². The average molecular weight is 445 g/mol. The van der Waals surface area contributed by atoms with Crippen molar-refractivity contribution in [2.45, 2.75) is 70.9 Å². The molecule has 2 atom stereocenters. The summed E-state index contributed by atoms with van der Waals surface area (Å²) in [6.45, 7) is 2.16. The number of hydrogen-bond donors (Lipinski definition) is 3. The lowest BCUT2D eigenvalue weighted by Gasteiger charge is -2.32. The van der Waals surface area contributed by atoms with Crippen molar-refractivity contribution in [3.8, 4) is 6.07 Å². The van der Waals surface area contributed by atoms with E-state index in [1.165, 1.54) is 0 Å². The number of carboxylic acid groups (broad SMARTS) is 2. The van der Waals surface area contributed by atoms with E-state index in [1.54, 1.807) is 24.3 Å². The van der Waals surface area contributed by atoms with Crippen molar-refractivity contribution in [3.05, 3.63) is 35.4 Å². The lowest BCUT2D eigenvalue weighted by atomic mass is 9.75. The molecule has 1 amide bonds. The normalized spacial score (nSPS) is 16.6. The van der Waals surface area contributed by atoms with E-state index in [2.05, 4.69) is 5.32 Å². The van der Waals surface area contributed by atoms with Crippen LogP contribution in [0.1, 0.15) is 69.4 Å². The Morgan fingerprint density at radius 2 is 1.84 bits per heavy atom. The number of ether oxygens (including phenoxy) is 1. The molecule has 2 unspecified atom stereocenters. The molecule has 8 heteroatoms. The van der Waals surface area contributed by atoms with Gasteiger partial charge >= 0.3 is 11.9 Å². The molecular weight excluding hydrogens is 412 g/mol. The fraction of sp³-hybridized carbons (Fsp3) is 0.583. The van der Waals surface area contributed by atoms with Gasteiger partial charge in [-0.3, -0.25) is 14.4 Å². The minimum atomic E-state index is -1.05. The van der Waals surface area contributed by atoms with Crippen molar-refractivity contribution in [2.75, 3.05) is 6.61 Å². The first-order valence-electron chi connectivity index (χ1n) is 11.1.